The minimum Gasteiger partial charge on any atom is -0.353 e. The van der Waals surface area contributed by atoms with Gasteiger partial charge in [0.05, 0.1) is 16.1 Å². The van der Waals surface area contributed by atoms with Crippen molar-refractivity contribution in [1.29, 1.82) is 0 Å². The molecule has 1 aliphatic heterocycles. The monoisotopic (exact) mass is 475 g/mol. The number of nitrogens with one attached hydrogen (secondary N) is 1. The molecule has 2 aromatic carbocycles. The van der Waals surface area contributed by atoms with Gasteiger partial charge in [-0.15, -0.1) is 11.3 Å². The molecular formula is C27H29N3O3S. The van der Waals surface area contributed by atoms with Gasteiger partial charge in [-0.05, 0) is 48.4 Å². The fraction of sp³-hybridized carbons (Fsp3) is 0.296. The number of hydrogen-bond acceptors (Lipinski definition) is 4. The van der Waals surface area contributed by atoms with Crippen LogP contribution in [0.25, 0.3) is 0 Å². The summed E-state index contributed by atoms with van der Waals surface area (Å²) in [4.78, 5) is 42.5. The van der Waals surface area contributed by atoms with E-state index in [-0.39, 0.29) is 23.8 Å². The van der Waals surface area contributed by atoms with Crippen molar-refractivity contribution in [3.8, 4) is 0 Å². The van der Waals surface area contributed by atoms with Gasteiger partial charge in [0.25, 0.3) is 11.8 Å². The van der Waals surface area contributed by atoms with Crippen LogP contribution >= 0.6 is 11.3 Å². The molecule has 7 heteroatoms. The molecule has 1 fully saturated rings. The summed E-state index contributed by atoms with van der Waals surface area (Å²) < 4.78 is 0. The molecule has 1 aromatic heterocycles. The molecule has 176 valence electrons. The Morgan fingerprint density at radius 3 is 2.38 bits per heavy atom. The lowest BCUT2D eigenvalue weighted by atomic mass is 10.0. The second-order valence-electron chi connectivity index (χ2n) is 8.48. The zero-order valence-electron chi connectivity index (χ0n) is 19.3. The van der Waals surface area contributed by atoms with Crippen molar-refractivity contribution in [2.45, 2.75) is 31.7 Å². The lowest BCUT2D eigenvalue weighted by Crippen LogP contribution is -2.46. The summed E-state index contributed by atoms with van der Waals surface area (Å²) in [5, 5.41) is 4.98. The highest BCUT2D eigenvalue weighted by Crippen LogP contribution is 2.25. The number of likely N-dealkylation sites (tertiary alicyclic amines) is 1. The summed E-state index contributed by atoms with van der Waals surface area (Å²) in [6, 6.07) is 20.9. The van der Waals surface area contributed by atoms with Crippen molar-refractivity contribution < 1.29 is 14.4 Å². The lowest BCUT2D eigenvalue weighted by molar-refractivity contribution is -0.122. The number of anilines is 1. The van der Waals surface area contributed by atoms with Gasteiger partial charge >= 0.3 is 0 Å². The third-order valence-corrected chi connectivity index (χ3v) is 7.02. The molecule has 1 aliphatic rings. The fourth-order valence-electron chi connectivity index (χ4n) is 4.22. The highest BCUT2D eigenvalue weighted by molar-refractivity contribution is 7.12. The quantitative estimate of drug-likeness (QED) is 0.551. The molecule has 3 amide bonds. The Balaban J connectivity index is 1.32. The van der Waals surface area contributed by atoms with E-state index in [1.54, 1.807) is 30.1 Å². The van der Waals surface area contributed by atoms with E-state index in [0.717, 1.165) is 24.8 Å². The molecule has 0 bridgehead atoms. The van der Waals surface area contributed by atoms with Crippen LogP contribution in [0.3, 0.4) is 0 Å². The molecule has 0 aliphatic carbocycles. The first kappa shape index (κ1) is 23.7. The molecule has 4 rings (SSSR count). The topological polar surface area (TPSA) is 69.7 Å². The maximum absolute atomic E-state index is 13.3. The van der Waals surface area contributed by atoms with Crippen LogP contribution < -0.4 is 10.2 Å². The fourth-order valence-corrected chi connectivity index (χ4v) is 4.92. The summed E-state index contributed by atoms with van der Waals surface area (Å²) in [5.41, 5.74) is 2.27. The predicted molar refractivity (Wildman–Crippen MR) is 135 cm³/mol. The average Bonchev–Trinajstić information content (AvgIpc) is 3.42. The normalized spacial score (nSPS) is 14.0. The third kappa shape index (κ3) is 5.72. The number of aryl methyl sites for hydroxylation is 1. The highest BCUT2D eigenvalue weighted by Gasteiger charge is 2.27. The summed E-state index contributed by atoms with van der Waals surface area (Å²) in [7, 11) is 1.70. The van der Waals surface area contributed by atoms with Crippen molar-refractivity contribution >= 4 is 34.7 Å². The number of hydrogen-bond donors (Lipinski definition) is 1. The van der Waals surface area contributed by atoms with Gasteiger partial charge in [-0.1, -0.05) is 48.5 Å². The number of para-hydroxylation sites is 1. The first-order valence-electron chi connectivity index (χ1n) is 11.6. The molecule has 1 N–H and O–H groups in total. The second kappa shape index (κ2) is 11.1. The minimum atomic E-state index is -0.132. The Bertz CT molecular complexity index is 1120. The predicted octanol–water partition coefficient (Wildman–Crippen LogP) is 4.38. The number of carbonyl (C=O) groups excluding carboxylic acids is 3. The molecule has 0 spiro atoms. The summed E-state index contributed by atoms with van der Waals surface area (Å²) in [6.07, 6.45) is 2.61. The highest BCUT2D eigenvalue weighted by atomic mass is 32.1. The standard InChI is InChI=1S/C27H29N3O3S/c1-29(27(33)24-12-7-19-34-24)23-11-6-5-10-22(23)26(32)30-17-15-21(16-18-30)28-25(31)14-13-20-8-3-2-4-9-20/h2-12,19,21H,13-18H2,1H3,(H,28,31). The van der Waals surface area contributed by atoms with Gasteiger partial charge in [-0.25, -0.2) is 0 Å². The van der Waals surface area contributed by atoms with Crippen LogP contribution in [0, 0.1) is 0 Å². The number of amides is 3. The molecule has 2 heterocycles. The van der Waals surface area contributed by atoms with Crippen LogP contribution in [0.15, 0.2) is 72.1 Å². The van der Waals surface area contributed by atoms with Gasteiger partial charge in [-0.3, -0.25) is 14.4 Å². The van der Waals surface area contributed by atoms with Crippen LogP contribution in [0.2, 0.25) is 0 Å². The first-order valence-corrected chi connectivity index (χ1v) is 12.4. The zero-order valence-corrected chi connectivity index (χ0v) is 20.1. The first-order chi connectivity index (χ1) is 16.5. The maximum Gasteiger partial charge on any atom is 0.268 e. The Labute approximate surface area is 204 Å². The van der Waals surface area contributed by atoms with Gasteiger partial charge < -0.3 is 15.1 Å². The van der Waals surface area contributed by atoms with Crippen LogP contribution in [0.1, 0.15) is 44.9 Å². The van der Waals surface area contributed by atoms with Crippen LogP contribution in [0.4, 0.5) is 5.69 Å². The Morgan fingerprint density at radius 2 is 1.68 bits per heavy atom. The van der Waals surface area contributed by atoms with Crippen molar-refractivity contribution in [3.63, 3.8) is 0 Å². The Kier molecular flexibility index (Phi) is 7.75. The number of thiophene rings is 1. The molecule has 0 unspecified atom stereocenters. The summed E-state index contributed by atoms with van der Waals surface area (Å²) in [5.74, 6) is -0.171. The van der Waals surface area contributed by atoms with Crippen LogP contribution in [0.5, 0.6) is 0 Å². The molecule has 6 nitrogen and oxygen atoms in total. The van der Waals surface area contributed by atoms with Gasteiger partial charge in [-0.2, -0.15) is 0 Å². The molecular weight excluding hydrogens is 446 g/mol. The SMILES string of the molecule is CN(C(=O)c1cccs1)c1ccccc1C(=O)N1CCC(NC(=O)CCc2ccccc2)CC1. The van der Waals surface area contributed by atoms with Gasteiger partial charge in [0.1, 0.15) is 0 Å². The zero-order chi connectivity index (χ0) is 23.9. The summed E-state index contributed by atoms with van der Waals surface area (Å²) in [6.45, 7) is 1.14. The van der Waals surface area contributed by atoms with E-state index in [1.165, 1.54) is 11.3 Å². The number of nitrogens with zero attached hydrogens (tertiary/aromatic N) is 2. The van der Waals surface area contributed by atoms with E-state index in [9.17, 15) is 14.4 Å². The molecule has 3 aromatic rings. The summed E-state index contributed by atoms with van der Waals surface area (Å²) >= 11 is 1.38. The van der Waals surface area contributed by atoms with Gasteiger partial charge in [0, 0.05) is 32.6 Å². The van der Waals surface area contributed by atoms with E-state index in [0.29, 0.717) is 35.6 Å². The second-order valence-corrected chi connectivity index (χ2v) is 9.43. The van der Waals surface area contributed by atoms with E-state index >= 15 is 0 Å². The smallest absolute Gasteiger partial charge is 0.268 e. The molecule has 0 saturated carbocycles. The van der Waals surface area contributed by atoms with E-state index < -0.39 is 0 Å². The van der Waals surface area contributed by atoms with E-state index in [4.69, 9.17) is 0 Å². The number of carbonyl (C=O) groups is 3. The minimum absolute atomic E-state index is 0.0488. The maximum atomic E-state index is 13.3. The molecule has 1 saturated heterocycles. The van der Waals surface area contributed by atoms with Crippen molar-refractivity contribution in [1.82, 2.24) is 10.2 Å². The average molecular weight is 476 g/mol. The van der Waals surface area contributed by atoms with Crippen LogP contribution in [-0.2, 0) is 11.2 Å². The van der Waals surface area contributed by atoms with Crippen molar-refractivity contribution in [2.24, 2.45) is 0 Å². The van der Waals surface area contributed by atoms with Crippen molar-refractivity contribution in [2.75, 3.05) is 25.0 Å². The Morgan fingerprint density at radius 1 is 0.971 bits per heavy atom. The van der Waals surface area contributed by atoms with Gasteiger partial charge in [0.2, 0.25) is 5.91 Å². The largest absolute Gasteiger partial charge is 0.353 e. The number of benzene rings is 2. The molecule has 0 radical (unpaired) electrons. The molecule has 0 atom stereocenters. The third-order valence-electron chi connectivity index (χ3n) is 6.16. The van der Waals surface area contributed by atoms with Gasteiger partial charge in [0.15, 0.2) is 0 Å². The Hall–Kier alpha value is -3.45. The number of piperidine rings is 1. The van der Waals surface area contributed by atoms with Crippen LogP contribution in [-0.4, -0.2) is 48.8 Å². The number of rotatable bonds is 7. The van der Waals surface area contributed by atoms with Crippen molar-refractivity contribution in [3.05, 3.63) is 88.1 Å². The van der Waals surface area contributed by atoms with E-state index in [2.05, 4.69) is 5.32 Å². The van der Waals surface area contributed by atoms with E-state index in [1.807, 2.05) is 58.8 Å². The lowest BCUT2D eigenvalue weighted by Gasteiger charge is -2.33. The molecule has 34 heavy (non-hydrogen) atoms.